The van der Waals surface area contributed by atoms with Crippen molar-refractivity contribution in [3.05, 3.63) is 18.2 Å². The number of hydrogen-bond donors (Lipinski definition) is 0. The maximum absolute atomic E-state index is 12.6. The fourth-order valence-electron chi connectivity index (χ4n) is 1.72. The van der Waals surface area contributed by atoms with Crippen molar-refractivity contribution < 1.29 is 4.39 Å². The molecule has 5 heteroatoms. The molecular weight excluding hydrogens is 217 g/mol. The number of hydrogen-bond acceptors (Lipinski definition) is 3. The molecule has 0 spiro atoms. The summed E-state index contributed by atoms with van der Waals surface area (Å²) in [5.74, 6) is 0.200. The Hall–Kier alpha value is -0.900. The maximum Gasteiger partial charge on any atom is 0.225 e. The van der Waals surface area contributed by atoms with Gasteiger partial charge in [-0.1, -0.05) is 0 Å². The topological polar surface area (TPSA) is 29.0 Å². The van der Waals surface area contributed by atoms with Gasteiger partial charge in [0.05, 0.1) is 12.4 Å². The molecule has 3 nitrogen and oxygen atoms in total. The largest absolute Gasteiger partial charge is 0.341 e. The van der Waals surface area contributed by atoms with Crippen molar-refractivity contribution in [2.45, 2.75) is 24.6 Å². The van der Waals surface area contributed by atoms with Gasteiger partial charge >= 0.3 is 0 Å². The van der Waals surface area contributed by atoms with Gasteiger partial charge in [-0.15, -0.1) is 11.6 Å². The zero-order valence-corrected chi connectivity index (χ0v) is 9.12. The summed E-state index contributed by atoms with van der Waals surface area (Å²) < 4.78 is 12.6. The number of nitrogens with zero attached hydrogens (tertiary/aromatic N) is 3. The molecule has 0 bridgehead atoms. The molecule has 2 rings (SSSR count). The second-order valence-corrected chi connectivity index (χ2v) is 4.33. The van der Waals surface area contributed by atoms with E-state index in [1.807, 2.05) is 0 Å². The van der Waals surface area contributed by atoms with Crippen LogP contribution < -0.4 is 4.90 Å². The van der Waals surface area contributed by atoms with E-state index in [9.17, 15) is 4.39 Å². The molecule has 0 saturated carbocycles. The molecule has 0 radical (unpaired) electrons. The zero-order chi connectivity index (χ0) is 10.7. The summed E-state index contributed by atoms with van der Waals surface area (Å²) in [5, 5.41) is 0.246. The van der Waals surface area contributed by atoms with Crippen LogP contribution in [0.3, 0.4) is 0 Å². The Labute approximate surface area is 93.3 Å². The molecule has 1 unspecified atom stereocenters. The summed E-state index contributed by atoms with van der Waals surface area (Å²) in [6.07, 6.45) is 5.40. The third kappa shape index (κ3) is 2.78. The van der Waals surface area contributed by atoms with Gasteiger partial charge in [-0.05, 0) is 19.3 Å². The number of halogens is 2. The third-order valence-electron chi connectivity index (χ3n) is 2.55. The van der Waals surface area contributed by atoms with E-state index in [-0.39, 0.29) is 5.38 Å². The Morgan fingerprint density at radius 1 is 1.27 bits per heavy atom. The fourth-order valence-corrected chi connectivity index (χ4v) is 1.98. The van der Waals surface area contributed by atoms with E-state index in [0.717, 1.165) is 32.4 Å². The van der Waals surface area contributed by atoms with Crippen molar-refractivity contribution in [3.63, 3.8) is 0 Å². The number of rotatable bonds is 1. The van der Waals surface area contributed by atoms with E-state index >= 15 is 0 Å². The molecule has 1 atom stereocenters. The highest BCUT2D eigenvalue weighted by atomic mass is 35.5. The lowest BCUT2D eigenvalue weighted by Crippen LogP contribution is -2.26. The van der Waals surface area contributed by atoms with Crippen molar-refractivity contribution in [3.8, 4) is 0 Å². The normalized spacial score (nSPS) is 22.5. The minimum absolute atomic E-state index is 0.246. The predicted octanol–water partition coefficient (Wildman–Crippen LogP) is 2.21. The van der Waals surface area contributed by atoms with Gasteiger partial charge in [0.1, 0.15) is 0 Å². The molecule has 1 saturated heterocycles. The number of anilines is 1. The molecule has 1 fully saturated rings. The quantitative estimate of drug-likeness (QED) is 0.692. The van der Waals surface area contributed by atoms with Gasteiger partial charge in [0.15, 0.2) is 5.82 Å². The third-order valence-corrected chi connectivity index (χ3v) is 2.98. The van der Waals surface area contributed by atoms with Gasteiger partial charge in [-0.2, -0.15) is 0 Å². The fraction of sp³-hybridized carbons (Fsp3) is 0.600. The van der Waals surface area contributed by atoms with E-state index in [4.69, 9.17) is 11.6 Å². The van der Waals surface area contributed by atoms with Crippen molar-refractivity contribution in [2.24, 2.45) is 0 Å². The number of alkyl halides is 1. The molecule has 1 aromatic rings. The molecule has 1 aliphatic heterocycles. The molecule has 0 aliphatic carbocycles. The monoisotopic (exact) mass is 229 g/mol. The van der Waals surface area contributed by atoms with Crippen LogP contribution in [0.1, 0.15) is 19.3 Å². The highest BCUT2D eigenvalue weighted by molar-refractivity contribution is 6.20. The predicted molar refractivity (Wildman–Crippen MR) is 57.7 cm³/mol. The first-order valence-electron chi connectivity index (χ1n) is 5.12. The van der Waals surface area contributed by atoms with Gasteiger partial charge < -0.3 is 4.90 Å². The van der Waals surface area contributed by atoms with Crippen LogP contribution in [0, 0.1) is 5.82 Å². The van der Waals surface area contributed by atoms with Crippen molar-refractivity contribution >= 4 is 17.5 Å². The van der Waals surface area contributed by atoms with Crippen LogP contribution in [0.15, 0.2) is 12.4 Å². The van der Waals surface area contributed by atoms with Gasteiger partial charge in [-0.3, -0.25) is 0 Å². The summed E-state index contributed by atoms with van der Waals surface area (Å²) >= 11 is 6.07. The number of aromatic nitrogens is 2. The summed E-state index contributed by atoms with van der Waals surface area (Å²) in [5.41, 5.74) is 0. The Bertz CT molecular complexity index is 317. The van der Waals surface area contributed by atoms with Crippen LogP contribution in [-0.4, -0.2) is 28.4 Å². The van der Waals surface area contributed by atoms with E-state index in [1.165, 1.54) is 12.4 Å². The van der Waals surface area contributed by atoms with E-state index in [2.05, 4.69) is 14.9 Å². The Balaban J connectivity index is 2.06. The average molecular weight is 230 g/mol. The first kappa shape index (κ1) is 10.6. The van der Waals surface area contributed by atoms with Crippen LogP contribution >= 0.6 is 11.6 Å². The van der Waals surface area contributed by atoms with E-state index in [0.29, 0.717) is 5.95 Å². The van der Waals surface area contributed by atoms with Crippen LogP contribution in [0.2, 0.25) is 0 Å². The molecule has 0 N–H and O–H groups in total. The summed E-state index contributed by atoms with van der Waals surface area (Å²) in [6, 6.07) is 0. The second-order valence-electron chi connectivity index (χ2n) is 3.72. The first-order chi connectivity index (χ1) is 7.25. The molecule has 1 aliphatic rings. The summed E-state index contributed by atoms with van der Waals surface area (Å²) in [4.78, 5) is 9.99. The molecule has 15 heavy (non-hydrogen) atoms. The van der Waals surface area contributed by atoms with Gasteiger partial charge in [-0.25, -0.2) is 14.4 Å². The maximum atomic E-state index is 12.6. The highest BCUT2D eigenvalue weighted by Gasteiger charge is 2.16. The van der Waals surface area contributed by atoms with Gasteiger partial charge in [0.25, 0.3) is 0 Å². The van der Waals surface area contributed by atoms with E-state index in [1.54, 1.807) is 0 Å². The van der Waals surface area contributed by atoms with Crippen molar-refractivity contribution in [1.82, 2.24) is 9.97 Å². The van der Waals surface area contributed by atoms with Crippen LogP contribution in [0.25, 0.3) is 0 Å². The summed E-state index contributed by atoms with van der Waals surface area (Å²) in [6.45, 7) is 1.74. The lowest BCUT2D eigenvalue weighted by molar-refractivity contribution is 0.610. The second kappa shape index (κ2) is 4.75. The first-order valence-corrected chi connectivity index (χ1v) is 5.56. The SMILES string of the molecule is Fc1cnc(N2CCCC(Cl)CC2)nc1. The lowest BCUT2D eigenvalue weighted by atomic mass is 10.2. The molecular formula is C10H13ClFN3. The molecule has 2 heterocycles. The van der Waals surface area contributed by atoms with Crippen LogP contribution in [0.4, 0.5) is 10.3 Å². The zero-order valence-electron chi connectivity index (χ0n) is 8.37. The van der Waals surface area contributed by atoms with Crippen molar-refractivity contribution in [1.29, 1.82) is 0 Å². The van der Waals surface area contributed by atoms with E-state index < -0.39 is 5.82 Å². The minimum atomic E-state index is -0.399. The molecule has 1 aromatic heterocycles. The van der Waals surface area contributed by atoms with Crippen LogP contribution in [-0.2, 0) is 0 Å². The van der Waals surface area contributed by atoms with Crippen LogP contribution in [0.5, 0.6) is 0 Å². The summed E-state index contributed by atoms with van der Waals surface area (Å²) in [7, 11) is 0. The van der Waals surface area contributed by atoms with Gasteiger partial charge in [0.2, 0.25) is 5.95 Å². The smallest absolute Gasteiger partial charge is 0.225 e. The Morgan fingerprint density at radius 3 is 2.73 bits per heavy atom. The Kier molecular flexibility index (Phi) is 3.36. The average Bonchev–Trinajstić information content (AvgIpc) is 2.44. The minimum Gasteiger partial charge on any atom is -0.341 e. The Morgan fingerprint density at radius 2 is 2.00 bits per heavy atom. The lowest BCUT2D eigenvalue weighted by Gasteiger charge is -2.19. The standard InChI is InChI=1S/C10H13ClFN3/c11-8-2-1-4-15(5-3-8)10-13-6-9(12)7-14-10/h6-8H,1-5H2. The molecule has 0 amide bonds. The molecule has 0 aromatic carbocycles. The van der Waals surface area contributed by atoms with Gasteiger partial charge in [0, 0.05) is 18.5 Å². The van der Waals surface area contributed by atoms with Crippen molar-refractivity contribution in [2.75, 3.05) is 18.0 Å². The highest BCUT2D eigenvalue weighted by Crippen LogP contribution is 2.18. The molecule has 82 valence electrons.